The molecule has 1 saturated carbocycles. The van der Waals surface area contributed by atoms with Crippen molar-refractivity contribution in [3.8, 4) is 0 Å². The molecule has 2 unspecified atom stereocenters. The summed E-state index contributed by atoms with van der Waals surface area (Å²) in [4.78, 5) is 41.6. The van der Waals surface area contributed by atoms with Gasteiger partial charge in [0, 0.05) is 55.2 Å². The molecule has 4 aliphatic heterocycles. The molecule has 8 nitrogen and oxygen atoms in total. The van der Waals surface area contributed by atoms with E-state index in [0.717, 1.165) is 91.4 Å². The van der Waals surface area contributed by atoms with Crippen molar-refractivity contribution in [2.75, 3.05) is 52.1 Å². The van der Waals surface area contributed by atoms with Crippen LogP contribution >= 0.6 is 23.5 Å². The first-order chi connectivity index (χ1) is 17.1. The van der Waals surface area contributed by atoms with E-state index >= 15 is 0 Å². The van der Waals surface area contributed by atoms with Crippen LogP contribution in [0.3, 0.4) is 0 Å². The van der Waals surface area contributed by atoms with E-state index in [4.69, 9.17) is 4.99 Å². The first-order valence-corrected chi connectivity index (χ1v) is 14.9. The minimum Gasteiger partial charge on any atom is -0.359 e. The SMILES string of the molecule is CN1CCCN(C2=Nc3c(c(=O)c(C(=O)NCC4=NCCS4)c4n3C3CCCCC3S4)CC2)CC1. The minimum atomic E-state index is -0.256. The van der Waals surface area contributed by atoms with E-state index in [2.05, 4.69) is 31.7 Å². The number of thioether (sulfide) groups is 2. The van der Waals surface area contributed by atoms with Crippen molar-refractivity contribution in [1.29, 1.82) is 0 Å². The Labute approximate surface area is 215 Å². The van der Waals surface area contributed by atoms with Crippen molar-refractivity contribution in [1.82, 2.24) is 19.7 Å². The second kappa shape index (κ2) is 9.94. The Bertz CT molecular complexity index is 1150. The summed E-state index contributed by atoms with van der Waals surface area (Å²) in [5.74, 6) is 2.65. The van der Waals surface area contributed by atoms with Crippen molar-refractivity contribution >= 4 is 46.1 Å². The number of aliphatic imine (C=N–C) groups is 2. The predicted molar refractivity (Wildman–Crippen MR) is 144 cm³/mol. The summed E-state index contributed by atoms with van der Waals surface area (Å²) in [6.07, 6.45) is 7.17. The van der Waals surface area contributed by atoms with Crippen LogP contribution in [-0.2, 0) is 6.42 Å². The lowest BCUT2D eigenvalue weighted by Crippen LogP contribution is -2.38. The van der Waals surface area contributed by atoms with Gasteiger partial charge in [0.25, 0.3) is 5.91 Å². The third-order valence-electron chi connectivity index (χ3n) is 7.89. The Morgan fingerprint density at radius 3 is 2.86 bits per heavy atom. The van der Waals surface area contributed by atoms with Crippen LogP contribution in [0.25, 0.3) is 0 Å². The zero-order chi connectivity index (χ0) is 23.9. The van der Waals surface area contributed by atoms with Gasteiger partial charge >= 0.3 is 0 Å². The summed E-state index contributed by atoms with van der Waals surface area (Å²) in [7, 11) is 2.18. The van der Waals surface area contributed by atoms with E-state index in [1.54, 1.807) is 23.5 Å². The topological polar surface area (TPSA) is 82.3 Å². The normalized spacial score (nSPS) is 26.4. The number of aromatic nitrogens is 1. The third kappa shape index (κ3) is 4.46. The van der Waals surface area contributed by atoms with Crippen molar-refractivity contribution in [3.05, 3.63) is 21.4 Å². The van der Waals surface area contributed by atoms with Crippen LogP contribution in [0, 0.1) is 0 Å². The number of nitrogens with one attached hydrogen (secondary N) is 1. The number of hydrogen-bond acceptors (Lipinski definition) is 8. The minimum absolute atomic E-state index is 0.116. The fraction of sp³-hybridized carbons (Fsp3) is 0.680. The van der Waals surface area contributed by atoms with Gasteiger partial charge in [0.2, 0.25) is 5.43 Å². The van der Waals surface area contributed by atoms with Crippen LogP contribution in [0.4, 0.5) is 5.82 Å². The first-order valence-electron chi connectivity index (χ1n) is 13.0. The van der Waals surface area contributed by atoms with E-state index < -0.39 is 0 Å². The number of likely N-dealkylation sites (N-methyl/N-ethyl adjacent to an activating group) is 1. The molecule has 5 heterocycles. The summed E-state index contributed by atoms with van der Waals surface area (Å²) in [5.41, 5.74) is 0.949. The maximum absolute atomic E-state index is 13.8. The fourth-order valence-corrected chi connectivity index (χ4v) is 8.41. The monoisotopic (exact) mass is 514 g/mol. The molecule has 35 heavy (non-hydrogen) atoms. The standard InChI is InChI=1S/C25H34N6O2S2/c1-29-10-4-11-30(13-12-29)19-8-7-16-22(32)21(24(33)27-15-20-26-9-14-34-20)25-31(23(16)28-19)17-5-2-3-6-18(17)35-25/h17-18H,2-15H2,1H3,(H,27,33). The molecule has 1 aromatic rings. The van der Waals surface area contributed by atoms with Gasteiger partial charge in [-0.05, 0) is 39.3 Å². The van der Waals surface area contributed by atoms with Gasteiger partial charge in [-0.3, -0.25) is 14.6 Å². The number of carbonyl (C=O) groups is 1. The average Bonchev–Trinajstić information content (AvgIpc) is 3.47. The molecule has 6 rings (SSSR count). The summed E-state index contributed by atoms with van der Waals surface area (Å²) < 4.78 is 2.30. The molecule has 188 valence electrons. The van der Waals surface area contributed by atoms with Gasteiger partial charge in [-0.2, -0.15) is 0 Å². The van der Waals surface area contributed by atoms with Gasteiger partial charge < -0.3 is 19.7 Å². The van der Waals surface area contributed by atoms with Crippen molar-refractivity contribution in [2.45, 2.75) is 61.3 Å². The highest BCUT2D eigenvalue weighted by molar-refractivity contribution is 8.14. The quantitative estimate of drug-likeness (QED) is 0.668. The number of pyridine rings is 1. The van der Waals surface area contributed by atoms with Gasteiger partial charge in [-0.15, -0.1) is 23.5 Å². The molecule has 10 heteroatoms. The number of nitrogens with zero attached hydrogens (tertiary/aromatic N) is 5. The lowest BCUT2D eigenvalue weighted by molar-refractivity contribution is 0.0953. The molecule has 0 spiro atoms. The molecular weight excluding hydrogens is 480 g/mol. The van der Waals surface area contributed by atoms with Crippen LogP contribution in [0.5, 0.6) is 0 Å². The maximum Gasteiger partial charge on any atom is 0.258 e. The van der Waals surface area contributed by atoms with Gasteiger partial charge in [0.1, 0.15) is 17.2 Å². The lowest BCUT2D eigenvalue weighted by Gasteiger charge is -2.31. The molecule has 5 aliphatic rings. The predicted octanol–water partition coefficient (Wildman–Crippen LogP) is 2.93. The molecule has 1 amide bonds. The number of fused-ring (bicyclic) bond motifs is 5. The van der Waals surface area contributed by atoms with Crippen LogP contribution in [-0.4, -0.2) is 88.5 Å². The number of amidine groups is 1. The Balaban J connectivity index is 1.39. The van der Waals surface area contributed by atoms with Crippen LogP contribution in [0.1, 0.15) is 60.5 Å². The zero-order valence-electron chi connectivity index (χ0n) is 20.4. The van der Waals surface area contributed by atoms with E-state index in [1.165, 1.54) is 12.8 Å². The highest BCUT2D eigenvalue weighted by atomic mass is 32.2. The van der Waals surface area contributed by atoms with Crippen molar-refractivity contribution in [2.24, 2.45) is 9.98 Å². The van der Waals surface area contributed by atoms with E-state index in [-0.39, 0.29) is 11.3 Å². The molecule has 0 aromatic carbocycles. The Morgan fingerprint density at radius 1 is 1.11 bits per heavy atom. The van der Waals surface area contributed by atoms with E-state index in [1.807, 2.05) is 0 Å². The van der Waals surface area contributed by atoms with Gasteiger partial charge in [0.05, 0.1) is 16.6 Å². The van der Waals surface area contributed by atoms with Crippen molar-refractivity contribution in [3.63, 3.8) is 0 Å². The Hall–Kier alpha value is -1.78. The maximum atomic E-state index is 13.8. The number of hydrogen-bond donors (Lipinski definition) is 1. The van der Waals surface area contributed by atoms with Crippen LogP contribution in [0.15, 0.2) is 19.8 Å². The highest BCUT2D eigenvalue weighted by Gasteiger charge is 2.41. The van der Waals surface area contributed by atoms with Crippen molar-refractivity contribution < 1.29 is 4.79 Å². The number of amides is 1. The Kier molecular flexibility index (Phi) is 6.70. The van der Waals surface area contributed by atoms with E-state index in [0.29, 0.717) is 29.8 Å². The molecule has 1 N–H and O–H groups in total. The second-order valence-corrected chi connectivity index (χ2v) is 12.6. The molecule has 1 aromatic heterocycles. The smallest absolute Gasteiger partial charge is 0.258 e. The Morgan fingerprint density at radius 2 is 2.00 bits per heavy atom. The summed E-state index contributed by atoms with van der Waals surface area (Å²) in [6, 6.07) is 0.317. The molecule has 1 aliphatic carbocycles. The third-order valence-corrected chi connectivity index (χ3v) is 10.4. The first kappa shape index (κ1) is 23.6. The molecule has 2 fully saturated rings. The molecule has 0 radical (unpaired) electrons. The summed E-state index contributed by atoms with van der Waals surface area (Å²) in [5, 5.41) is 5.21. The van der Waals surface area contributed by atoms with Crippen LogP contribution < -0.4 is 10.7 Å². The zero-order valence-corrected chi connectivity index (χ0v) is 22.1. The van der Waals surface area contributed by atoms with Gasteiger partial charge in [-0.25, -0.2) is 4.99 Å². The largest absolute Gasteiger partial charge is 0.359 e. The second-order valence-electron chi connectivity index (χ2n) is 10.2. The summed E-state index contributed by atoms with van der Waals surface area (Å²) >= 11 is 3.42. The van der Waals surface area contributed by atoms with E-state index in [9.17, 15) is 9.59 Å². The molecule has 1 saturated heterocycles. The molecular formula is C25H34N6O2S2. The average molecular weight is 515 g/mol. The van der Waals surface area contributed by atoms with Gasteiger partial charge in [0.15, 0.2) is 0 Å². The highest BCUT2D eigenvalue weighted by Crippen LogP contribution is 2.51. The summed E-state index contributed by atoms with van der Waals surface area (Å²) in [6.45, 7) is 5.35. The number of rotatable bonds is 3. The molecule has 2 atom stereocenters. The lowest BCUT2D eigenvalue weighted by atomic mass is 9.93. The van der Waals surface area contributed by atoms with Gasteiger partial charge in [-0.1, -0.05) is 12.8 Å². The van der Waals surface area contributed by atoms with Crippen LogP contribution in [0.2, 0.25) is 0 Å². The molecule has 0 bridgehead atoms. The fourth-order valence-electron chi connectivity index (χ4n) is 6.01. The number of carbonyl (C=O) groups excluding carboxylic acids is 1.